The molecule has 19 heavy (non-hydrogen) atoms. The van der Waals surface area contributed by atoms with Crippen LogP contribution in [0.1, 0.15) is 5.56 Å². The van der Waals surface area contributed by atoms with Gasteiger partial charge in [0.2, 0.25) is 0 Å². The first-order valence-corrected chi connectivity index (χ1v) is 6.43. The van der Waals surface area contributed by atoms with Crippen molar-refractivity contribution < 1.29 is 9.84 Å². The van der Waals surface area contributed by atoms with Gasteiger partial charge in [-0.1, -0.05) is 6.07 Å². The summed E-state index contributed by atoms with van der Waals surface area (Å²) in [5, 5.41) is 12.1. The summed E-state index contributed by atoms with van der Waals surface area (Å²) in [4.78, 5) is 4.19. The number of rotatable bonds is 4. The summed E-state index contributed by atoms with van der Waals surface area (Å²) >= 11 is 0. The summed E-state index contributed by atoms with van der Waals surface area (Å²) in [6.45, 7) is 1.31. The number of fused-ring (bicyclic) bond motifs is 1. The van der Waals surface area contributed by atoms with Gasteiger partial charge < -0.3 is 15.2 Å². The van der Waals surface area contributed by atoms with Crippen molar-refractivity contribution in [3.63, 3.8) is 0 Å². The fourth-order valence-corrected chi connectivity index (χ4v) is 2.30. The number of hydrogen-bond donors (Lipinski definition) is 2. The van der Waals surface area contributed by atoms with Crippen LogP contribution < -0.4 is 10.1 Å². The van der Waals surface area contributed by atoms with E-state index in [2.05, 4.69) is 28.5 Å². The molecule has 4 nitrogen and oxygen atoms in total. The van der Waals surface area contributed by atoms with Gasteiger partial charge in [0.25, 0.3) is 0 Å². The van der Waals surface area contributed by atoms with Crippen LogP contribution >= 0.6 is 0 Å². The van der Waals surface area contributed by atoms with Crippen molar-refractivity contribution in [2.24, 2.45) is 0 Å². The third-order valence-electron chi connectivity index (χ3n) is 3.22. The maximum atomic E-state index is 8.77. The van der Waals surface area contributed by atoms with Gasteiger partial charge in [-0.2, -0.15) is 0 Å². The highest BCUT2D eigenvalue weighted by atomic mass is 16.5. The molecule has 98 valence electrons. The average molecular weight is 256 g/mol. The molecule has 1 aliphatic heterocycles. The molecule has 0 saturated carbocycles. The first-order valence-electron chi connectivity index (χ1n) is 6.43. The number of anilines is 1. The van der Waals surface area contributed by atoms with Crippen LogP contribution in [0.25, 0.3) is 11.1 Å². The van der Waals surface area contributed by atoms with Crippen LogP contribution in [-0.2, 0) is 6.42 Å². The highest BCUT2D eigenvalue weighted by Crippen LogP contribution is 2.29. The molecule has 0 amide bonds. The zero-order chi connectivity index (χ0) is 13.1. The zero-order valence-electron chi connectivity index (χ0n) is 10.6. The molecule has 0 saturated heterocycles. The molecule has 1 aliphatic rings. The Morgan fingerprint density at radius 2 is 2.16 bits per heavy atom. The van der Waals surface area contributed by atoms with Crippen molar-refractivity contribution in [2.75, 3.05) is 25.1 Å². The van der Waals surface area contributed by atoms with Crippen LogP contribution in [-0.4, -0.2) is 29.8 Å². The minimum absolute atomic E-state index is 0.00867. The minimum atomic E-state index is 0.00867. The molecular formula is C15H16N2O2. The molecule has 1 aromatic carbocycles. The Bertz CT molecular complexity index is 584. The highest BCUT2D eigenvalue weighted by molar-refractivity contribution is 5.70. The van der Waals surface area contributed by atoms with E-state index < -0.39 is 0 Å². The molecule has 3 rings (SSSR count). The van der Waals surface area contributed by atoms with Gasteiger partial charge in [-0.15, -0.1) is 0 Å². The van der Waals surface area contributed by atoms with Crippen LogP contribution in [0.2, 0.25) is 0 Å². The number of pyridine rings is 1. The Balaban J connectivity index is 1.89. The number of aliphatic hydroxyl groups is 1. The smallest absolute Gasteiger partial charge is 0.138 e. The lowest BCUT2D eigenvalue weighted by Gasteiger charge is -2.08. The molecule has 2 aromatic rings. The van der Waals surface area contributed by atoms with Crippen molar-refractivity contribution in [3.8, 4) is 16.9 Å². The van der Waals surface area contributed by atoms with Gasteiger partial charge in [0.1, 0.15) is 12.4 Å². The van der Waals surface area contributed by atoms with Gasteiger partial charge in [0, 0.05) is 24.0 Å². The number of aromatic nitrogens is 1. The lowest BCUT2D eigenvalue weighted by Crippen LogP contribution is -2.01. The first kappa shape index (κ1) is 12.0. The molecule has 0 spiro atoms. The first-order chi connectivity index (χ1) is 9.36. The van der Waals surface area contributed by atoms with Crippen molar-refractivity contribution in [1.82, 2.24) is 4.98 Å². The molecule has 1 aromatic heterocycles. The van der Waals surface area contributed by atoms with Crippen LogP contribution in [0.4, 0.5) is 5.69 Å². The molecule has 0 aliphatic carbocycles. The molecule has 0 radical (unpaired) electrons. The van der Waals surface area contributed by atoms with E-state index in [0.717, 1.165) is 24.1 Å². The summed E-state index contributed by atoms with van der Waals surface area (Å²) in [5.74, 6) is 0.685. The SMILES string of the molecule is OCCOc1cncc(-c2ccc3c(c2)CCN3)c1. The van der Waals surface area contributed by atoms with Crippen molar-refractivity contribution in [2.45, 2.75) is 6.42 Å². The maximum Gasteiger partial charge on any atom is 0.138 e. The summed E-state index contributed by atoms with van der Waals surface area (Å²) in [6.07, 6.45) is 4.56. The summed E-state index contributed by atoms with van der Waals surface area (Å²) in [6, 6.07) is 8.35. The minimum Gasteiger partial charge on any atom is -0.490 e. The lowest BCUT2D eigenvalue weighted by atomic mass is 10.0. The van der Waals surface area contributed by atoms with E-state index >= 15 is 0 Å². The predicted molar refractivity (Wildman–Crippen MR) is 74.4 cm³/mol. The van der Waals surface area contributed by atoms with Crippen LogP contribution in [0.5, 0.6) is 5.75 Å². The Labute approximate surface area is 112 Å². The fraction of sp³-hybridized carbons (Fsp3) is 0.267. The van der Waals surface area contributed by atoms with Gasteiger partial charge >= 0.3 is 0 Å². The fourth-order valence-electron chi connectivity index (χ4n) is 2.30. The second-order valence-electron chi connectivity index (χ2n) is 4.53. The average Bonchev–Trinajstić information content (AvgIpc) is 2.92. The molecule has 0 atom stereocenters. The summed E-state index contributed by atoms with van der Waals surface area (Å²) in [7, 11) is 0. The van der Waals surface area contributed by atoms with E-state index in [1.165, 1.54) is 11.3 Å². The monoisotopic (exact) mass is 256 g/mol. The molecule has 2 heterocycles. The molecule has 0 unspecified atom stereocenters. The van der Waals surface area contributed by atoms with Crippen LogP contribution in [0.15, 0.2) is 36.7 Å². The normalized spacial score (nSPS) is 12.9. The van der Waals surface area contributed by atoms with Crippen molar-refractivity contribution >= 4 is 5.69 Å². The number of aliphatic hydroxyl groups excluding tert-OH is 1. The molecular weight excluding hydrogens is 240 g/mol. The second kappa shape index (κ2) is 5.28. The van der Waals surface area contributed by atoms with Gasteiger partial charge in [0.15, 0.2) is 0 Å². The quantitative estimate of drug-likeness (QED) is 0.879. The van der Waals surface area contributed by atoms with Gasteiger partial charge in [-0.3, -0.25) is 4.98 Å². The van der Waals surface area contributed by atoms with E-state index in [4.69, 9.17) is 9.84 Å². The van der Waals surface area contributed by atoms with Gasteiger partial charge in [0.05, 0.1) is 12.8 Å². The predicted octanol–water partition coefficient (Wildman–Crippen LogP) is 2.09. The summed E-state index contributed by atoms with van der Waals surface area (Å²) in [5.41, 5.74) is 4.75. The molecule has 2 N–H and O–H groups in total. The molecule has 0 fully saturated rings. The number of nitrogens with zero attached hydrogens (tertiary/aromatic N) is 1. The van der Waals surface area contributed by atoms with Crippen molar-refractivity contribution in [1.29, 1.82) is 0 Å². The highest BCUT2D eigenvalue weighted by Gasteiger charge is 2.11. The van der Waals surface area contributed by atoms with E-state index in [0.29, 0.717) is 12.4 Å². The Hall–Kier alpha value is -2.07. The molecule has 0 bridgehead atoms. The number of nitrogens with one attached hydrogen (secondary N) is 1. The van der Waals surface area contributed by atoms with Gasteiger partial charge in [-0.25, -0.2) is 0 Å². The second-order valence-corrected chi connectivity index (χ2v) is 4.53. The largest absolute Gasteiger partial charge is 0.490 e. The van der Waals surface area contributed by atoms with E-state index in [-0.39, 0.29) is 6.61 Å². The standard InChI is InChI=1S/C15H16N2O2/c18-5-6-19-14-8-13(9-16-10-14)11-1-2-15-12(7-11)3-4-17-15/h1-2,7-10,17-18H,3-6H2. The third-order valence-corrected chi connectivity index (χ3v) is 3.22. The maximum absolute atomic E-state index is 8.77. The number of benzene rings is 1. The van der Waals surface area contributed by atoms with Crippen LogP contribution in [0.3, 0.4) is 0 Å². The van der Waals surface area contributed by atoms with E-state index in [1.807, 2.05) is 12.3 Å². The lowest BCUT2D eigenvalue weighted by molar-refractivity contribution is 0.201. The third kappa shape index (κ3) is 2.53. The summed E-state index contributed by atoms with van der Waals surface area (Å²) < 4.78 is 5.39. The van der Waals surface area contributed by atoms with Crippen molar-refractivity contribution in [3.05, 3.63) is 42.2 Å². The Morgan fingerprint density at radius 3 is 3.05 bits per heavy atom. The number of ether oxygens (including phenoxy) is 1. The van der Waals surface area contributed by atoms with Crippen LogP contribution in [0, 0.1) is 0 Å². The zero-order valence-corrected chi connectivity index (χ0v) is 10.6. The number of hydrogen-bond acceptors (Lipinski definition) is 4. The molecule has 4 heteroatoms. The van der Waals surface area contributed by atoms with E-state index in [1.54, 1.807) is 6.20 Å². The topological polar surface area (TPSA) is 54.4 Å². The van der Waals surface area contributed by atoms with E-state index in [9.17, 15) is 0 Å². The van der Waals surface area contributed by atoms with Gasteiger partial charge in [-0.05, 0) is 35.7 Å². The Kier molecular flexibility index (Phi) is 3.33. The Morgan fingerprint density at radius 1 is 1.21 bits per heavy atom.